The Bertz CT molecular complexity index is 921. The van der Waals surface area contributed by atoms with Crippen molar-refractivity contribution in [2.24, 2.45) is 11.3 Å². The number of methoxy groups -OCH3 is 1. The molecule has 3 rings (SSSR count). The van der Waals surface area contributed by atoms with E-state index < -0.39 is 28.6 Å². The smallest absolute Gasteiger partial charge is 0.383 e. The Morgan fingerprint density at radius 2 is 2.00 bits per heavy atom. The number of ether oxygens (including phenoxy) is 1. The number of carbonyl (C=O) groups excluding carboxylic acids is 2. The molecule has 1 N–H and O–H groups in total. The second kappa shape index (κ2) is 10.00. The van der Waals surface area contributed by atoms with E-state index in [1.807, 2.05) is 0 Å². The zero-order valence-corrected chi connectivity index (χ0v) is 18.9. The summed E-state index contributed by atoms with van der Waals surface area (Å²) in [4.78, 5) is 28.8. The van der Waals surface area contributed by atoms with E-state index in [1.165, 1.54) is 19.2 Å². The van der Waals surface area contributed by atoms with E-state index in [9.17, 15) is 22.8 Å². The molecule has 1 spiro atoms. The van der Waals surface area contributed by atoms with Crippen LogP contribution in [-0.4, -0.2) is 63.2 Å². The topological polar surface area (TPSA) is 85.7 Å². The van der Waals surface area contributed by atoms with E-state index >= 15 is 0 Å². The number of nitrogens with zero attached hydrogens (tertiary/aromatic N) is 3. The van der Waals surface area contributed by atoms with Crippen LogP contribution in [0.25, 0.3) is 0 Å². The Morgan fingerprint density at radius 1 is 1.30 bits per heavy atom. The van der Waals surface area contributed by atoms with Crippen LogP contribution in [0.2, 0.25) is 0 Å². The lowest BCUT2D eigenvalue weighted by Gasteiger charge is -2.42. The lowest BCUT2D eigenvalue weighted by atomic mass is 9.70. The normalized spacial score (nSPS) is 20.1. The number of hydrogen-bond donors (Lipinski definition) is 1. The van der Waals surface area contributed by atoms with Gasteiger partial charge in [-0.25, -0.2) is 0 Å². The van der Waals surface area contributed by atoms with Gasteiger partial charge in [0.25, 0.3) is 0 Å². The van der Waals surface area contributed by atoms with E-state index in [0.717, 1.165) is 6.07 Å². The lowest BCUT2D eigenvalue weighted by Crippen LogP contribution is -2.49. The molecule has 2 amide bonds. The average molecular weight is 467 g/mol. The van der Waals surface area contributed by atoms with Gasteiger partial charge in [-0.2, -0.15) is 18.4 Å². The van der Waals surface area contributed by atoms with Crippen LogP contribution in [0.3, 0.4) is 0 Å². The fourth-order valence-corrected chi connectivity index (χ4v) is 4.92. The molecule has 0 bridgehead atoms. The number of halogens is 3. The third-order valence-electron chi connectivity index (χ3n) is 6.78. The number of alkyl halides is 3. The second-order valence-electron chi connectivity index (χ2n) is 8.65. The van der Waals surface area contributed by atoms with Crippen LogP contribution in [0, 0.1) is 22.7 Å². The highest BCUT2D eigenvalue weighted by atomic mass is 19.4. The number of nitrogens with one attached hydrogen (secondary N) is 1. The molecular weight excluding hydrogens is 437 g/mol. The number of piperidine rings is 1. The van der Waals surface area contributed by atoms with E-state index in [-0.39, 0.29) is 18.4 Å². The highest BCUT2D eigenvalue weighted by Crippen LogP contribution is 2.47. The van der Waals surface area contributed by atoms with Crippen LogP contribution in [-0.2, 0) is 20.5 Å². The Balaban J connectivity index is 1.88. The highest BCUT2D eigenvalue weighted by Gasteiger charge is 2.51. The van der Waals surface area contributed by atoms with Crippen molar-refractivity contribution in [3.05, 3.63) is 29.3 Å². The molecule has 7 nitrogen and oxygen atoms in total. The Labute approximate surface area is 191 Å². The fraction of sp³-hybridized carbons (Fsp3) is 0.609. The molecule has 180 valence electrons. The number of rotatable bonds is 6. The zero-order chi connectivity index (χ0) is 24.2. The highest BCUT2D eigenvalue weighted by molar-refractivity contribution is 5.81. The first-order chi connectivity index (χ1) is 15.6. The first-order valence-corrected chi connectivity index (χ1v) is 11.1. The van der Waals surface area contributed by atoms with Crippen LogP contribution in [0.5, 0.6) is 0 Å². The standard InChI is InChI=1S/C23H29F3N4O3/c1-3-20(31)29-9-6-22(7-10-29)15-30(14-19(22)21(32)28-8-11-33-2)17-5-4-16(13-27)18(12-17)23(24,25)26/h4-5,12,19H,3,6-11,14-15H2,1-2H3,(H,28,32). The largest absolute Gasteiger partial charge is 0.417 e. The summed E-state index contributed by atoms with van der Waals surface area (Å²) in [6.07, 6.45) is -3.05. The van der Waals surface area contributed by atoms with E-state index in [4.69, 9.17) is 10.00 Å². The summed E-state index contributed by atoms with van der Waals surface area (Å²) >= 11 is 0. The van der Waals surface area contributed by atoms with Gasteiger partial charge in [-0.3, -0.25) is 9.59 Å². The molecule has 2 aliphatic rings. The van der Waals surface area contributed by atoms with Crippen LogP contribution < -0.4 is 10.2 Å². The SMILES string of the molecule is CCC(=O)N1CCC2(CC1)CN(c1ccc(C#N)c(C(F)(F)F)c1)CC2C(=O)NCCOC. The maximum Gasteiger partial charge on any atom is 0.417 e. The molecule has 1 aromatic rings. The minimum atomic E-state index is -4.65. The molecule has 1 unspecified atom stereocenters. The molecule has 1 atom stereocenters. The Hall–Kier alpha value is -2.80. The Morgan fingerprint density at radius 3 is 2.58 bits per heavy atom. The predicted molar refractivity (Wildman–Crippen MR) is 115 cm³/mol. The fourth-order valence-electron chi connectivity index (χ4n) is 4.92. The maximum absolute atomic E-state index is 13.5. The number of nitriles is 1. The summed E-state index contributed by atoms with van der Waals surface area (Å²) in [5.74, 6) is -0.532. The number of hydrogen-bond acceptors (Lipinski definition) is 5. The number of amides is 2. The summed E-state index contributed by atoms with van der Waals surface area (Å²) < 4.78 is 45.5. The first-order valence-electron chi connectivity index (χ1n) is 11.1. The molecule has 2 fully saturated rings. The van der Waals surface area contributed by atoms with Crippen molar-refractivity contribution in [1.82, 2.24) is 10.2 Å². The van der Waals surface area contributed by atoms with Gasteiger partial charge in [-0.1, -0.05) is 6.92 Å². The van der Waals surface area contributed by atoms with E-state index in [2.05, 4.69) is 5.32 Å². The number of carbonyl (C=O) groups is 2. The summed E-state index contributed by atoms with van der Waals surface area (Å²) in [6.45, 7) is 4.22. The van der Waals surface area contributed by atoms with Gasteiger partial charge in [0.1, 0.15) is 0 Å². The lowest BCUT2D eigenvalue weighted by molar-refractivity contribution is -0.138. The van der Waals surface area contributed by atoms with Gasteiger partial charge in [-0.15, -0.1) is 0 Å². The van der Waals surface area contributed by atoms with Gasteiger partial charge in [0, 0.05) is 57.4 Å². The van der Waals surface area contributed by atoms with Crippen molar-refractivity contribution in [2.45, 2.75) is 32.4 Å². The molecule has 10 heteroatoms. The molecule has 1 aromatic carbocycles. The first kappa shape index (κ1) is 24.8. The maximum atomic E-state index is 13.5. The molecular formula is C23H29F3N4O3. The minimum absolute atomic E-state index is 0.0581. The van der Waals surface area contributed by atoms with Gasteiger partial charge < -0.3 is 19.9 Å². The molecule has 0 aromatic heterocycles. The Kier molecular flexibility index (Phi) is 7.52. The van der Waals surface area contributed by atoms with E-state index in [1.54, 1.807) is 22.8 Å². The molecule has 0 radical (unpaired) electrons. The van der Waals surface area contributed by atoms with Crippen molar-refractivity contribution in [3.8, 4) is 6.07 Å². The van der Waals surface area contributed by atoms with E-state index in [0.29, 0.717) is 57.7 Å². The second-order valence-corrected chi connectivity index (χ2v) is 8.65. The van der Waals surface area contributed by atoms with Gasteiger partial charge in [0.15, 0.2) is 0 Å². The molecule has 2 heterocycles. The summed E-state index contributed by atoms with van der Waals surface area (Å²) in [7, 11) is 1.54. The molecule has 2 saturated heterocycles. The molecule has 2 aliphatic heterocycles. The minimum Gasteiger partial charge on any atom is -0.383 e. The third kappa shape index (κ3) is 5.24. The average Bonchev–Trinajstić information content (AvgIpc) is 3.17. The van der Waals surface area contributed by atoms with Crippen LogP contribution in [0.1, 0.15) is 37.3 Å². The van der Waals surface area contributed by atoms with Gasteiger partial charge >= 0.3 is 6.18 Å². The van der Waals surface area contributed by atoms with Crippen LogP contribution >= 0.6 is 0 Å². The van der Waals surface area contributed by atoms with Crippen molar-refractivity contribution >= 4 is 17.5 Å². The molecule has 0 saturated carbocycles. The summed E-state index contributed by atoms with van der Waals surface area (Å²) in [5.41, 5.74) is -1.53. The van der Waals surface area contributed by atoms with Gasteiger partial charge in [0.2, 0.25) is 11.8 Å². The van der Waals surface area contributed by atoms with Gasteiger partial charge in [-0.05, 0) is 31.0 Å². The van der Waals surface area contributed by atoms with Crippen LogP contribution in [0.4, 0.5) is 18.9 Å². The van der Waals surface area contributed by atoms with Crippen molar-refractivity contribution in [2.75, 3.05) is 51.3 Å². The molecule has 0 aliphatic carbocycles. The van der Waals surface area contributed by atoms with Crippen molar-refractivity contribution in [1.29, 1.82) is 5.26 Å². The molecule has 33 heavy (non-hydrogen) atoms. The monoisotopic (exact) mass is 466 g/mol. The van der Waals surface area contributed by atoms with Crippen molar-refractivity contribution in [3.63, 3.8) is 0 Å². The number of benzene rings is 1. The summed E-state index contributed by atoms with van der Waals surface area (Å²) in [5, 5.41) is 12.0. The quantitative estimate of drug-likeness (QED) is 0.652. The summed E-state index contributed by atoms with van der Waals surface area (Å²) in [6, 6.07) is 5.28. The third-order valence-corrected chi connectivity index (χ3v) is 6.78. The van der Waals surface area contributed by atoms with Gasteiger partial charge in [0.05, 0.1) is 29.7 Å². The number of likely N-dealkylation sites (tertiary alicyclic amines) is 1. The number of anilines is 1. The predicted octanol–water partition coefficient (Wildman–Crippen LogP) is 2.79. The zero-order valence-electron chi connectivity index (χ0n) is 18.9. The van der Waals surface area contributed by atoms with Crippen molar-refractivity contribution < 1.29 is 27.5 Å². The van der Waals surface area contributed by atoms with Crippen LogP contribution in [0.15, 0.2) is 18.2 Å².